The molecule has 0 aromatic heterocycles. The monoisotopic (exact) mass is 259 g/mol. The van der Waals surface area contributed by atoms with E-state index in [1.807, 2.05) is 0 Å². The van der Waals surface area contributed by atoms with Crippen LogP contribution >= 0.6 is 11.6 Å². The zero-order valence-electron chi connectivity index (χ0n) is 9.13. The fourth-order valence-electron chi connectivity index (χ4n) is 1.94. The Kier molecular flexibility index (Phi) is 3.62. The Bertz CT molecular complexity index is 439. The predicted molar refractivity (Wildman–Crippen MR) is 61.1 cm³/mol. The summed E-state index contributed by atoms with van der Waals surface area (Å²) in [5, 5.41) is -0.0868. The molecule has 0 N–H and O–H groups in total. The molecule has 17 heavy (non-hydrogen) atoms. The molecule has 1 aliphatic heterocycles. The molecule has 5 heteroatoms. The van der Waals surface area contributed by atoms with Crippen LogP contribution in [0.2, 0.25) is 0 Å². The van der Waals surface area contributed by atoms with E-state index in [1.54, 1.807) is 0 Å². The molecule has 1 aliphatic rings. The second kappa shape index (κ2) is 5.00. The maximum Gasteiger partial charge on any atom is 0.256 e. The number of rotatable bonds is 1. The van der Waals surface area contributed by atoms with Gasteiger partial charge < -0.3 is 4.90 Å². The number of alkyl halides is 1. The van der Waals surface area contributed by atoms with Crippen molar-refractivity contribution in [2.45, 2.75) is 18.2 Å². The fourth-order valence-corrected chi connectivity index (χ4v) is 2.26. The standard InChI is InChI=1S/C12H12ClF2NO/c13-8-2-1-5-16(7-8)12(17)10-4-3-9(14)6-11(10)15/h3-4,6,8H,1-2,5,7H2. The maximum atomic E-state index is 13.4. The summed E-state index contributed by atoms with van der Waals surface area (Å²) in [4.78, 5) is 13.5. The van der Waals surface area contributed by atoms with Crippen LogP contribution in [0.5, 0.6) is 0 Å². The van der Waals surface area contributed by atoms with Crippen LogP contribution in [-0.4, -0.2) is 29.3 Å². The van der Waals surface area contributed by atoms with Crippen LogP contribution in [-0.2, 0) is 0 Å². The molecule has 1 heterocycles. The molecular formula is C12H12ClF2NO. The number of nitrogens with zero attached hydrogens (tertiary/aromatic N) is 1. The van der Waals surface area contributed by atoms with Gasteiger partial charge in [-0.2, -0.15) is 0 Å². The van der Waals surface area contributed by atoms with Crippen LogP contribution in [0, 0.1) is 11.6 Å². The summed E-state index contributed by atoms with van der Waals surface area (Å²) in [6, 6.07) is 2.97. The first-order valence-electron chi connectivity index (χ1n) is 5.46. The molecule has 2 nitrogen and oxygen atoms in total. The van der Waals surface area contributed by atoms with Crippen molar-refractivity contribution in [1.82, 2.24) is 4.90 Å². The van der Waals surface area contributed by atoms with Crippen molar-refractivity contribution in [1.29, 1.82) is 0 Å². The fraction of sp³-hybridized carbons (Fsp3) is 0.417. The van der Waals surface area contributed by atoms with Crippen LogP contribution < -0.4 is 0 Å². The normalized spacial score (nSPS) is 20.4. The average Bonchev–Trinajstić information content (AvgIpc) is 2.28. The van der Waals surface area contributed by atoms with Gasteiger partial charge >= 0.3 is 0 Å². The average molecular weight is 260 g/mol. The van der Waals surface area contributed by atoms with Crippen molar-refractivity contribution in [2.24, 2.45) is 0 Å². The van der Waals surface area contributed by atoms with Gasteiger partial charge in [-0.1, -0.05) is 0 Å². The third kappa shape index (κ3) is 2.75. The molecule has 1 saturated heterocycles. The third-order valence-corrected chi connectivity index (χ3v) is 3.17. The van der Waals surface area contributed by atoms with Gasteiger partial charge in [0.2, 0.25) is 0 Å². The van der Waals surface area contributed by atoms with Crippen molar-refractivity contribution in [3.8, 4) is 0 Å². The van der Waals surface area contributed by atoms with Gasteiger partial charge in [0, 0.05) is 19.2 Å². The van der Waals surface area contributed by atoms with Crippen molar-refractivity contribution >= 4 is 17.5 Å². The molecule has 0 bridgehead atoms. The second-order valence-electron chi connectivity index (χ2n) is 4.11. The summed E-state index contributed by atoms with van der Waals surface area (Å²) in [7, 11) is 0. The number of carbonyl (C=O) groups is 1. The largest absolute Gasteiger partial charge is 0.337 e. The van der Waals surface area contributed by atoms with Gasteiger partial charge in [0.05, 0.1) is 10.9 Å². The SMILES string of the molecule is O=C(c1ccc(F)cc1F)N1CCCC(Cl)C1. The van der Waals surface area contributed by atoms with Gasteiger partial charge in [-0.25, -0.2) is 8.78 Å². The minimum absolute atomic E-state index is 0.0868. The van der Waals surface area contributed by atoms with Crippen molar-refractivity contribution in [2.75, 3.05) is 13.1 Å². The minimum atomic E-state index is -0.827. The molecule has 0 saturated carbocycles. The number of amides is 1. The molecule has 2 rings (SSSR count). The number of likely N-dealkylation sites (tertiary alicyclic amines) is 1. The lowest BCUT2D eigenvalue weighted by molar-refractivity contribution is 0.0722. The van der Waals surface area contributed by atoms with Crippen molar-refractivity contribution in [3.63, 3.8) is 0 Å². The van der Waals surface area contributed by atoms with E-state index < -0.39 is 17.5 Å². The molecule has 1 amide bonds. The Morgan fingerprint density at radius 1 is 1.41 bits per heavy atom. The smallest absolute Gasteiger partial charge is 0.256 e. The van der Waals surface area contributed by atoms with E-state index in [9.17, 15) is 13.6 Å². The predicted octanol–water partition coefficient (Wildman–Crippen LogP) is 2.81. The van der Waals surface area contributed by atoms with Gasteiger partial charge in [0.15, 0.2) is 0 Å². The highest BCUT2D eigenvalue weighted by atomic mass is 35.5. The first-order valence-corrected chi connectivity index (χ1v) is 5.90. The number of halogens is 3. The second-order valence-corrected chi connectivity index (χ2v) is 4.73. The van der Waals surface area contributed by atoms with E-state index >= 15 is 0 Å². The van der Waals surface area contributed by atoms with E-state index in [0.29, 0.717) is 13.1 Å². The molecule has 1 aromatic rings. The Hall–Kier alpha value is -1.16. The van der Waals surface area contributed by atoms with E-state index in [2.05, 4.69) is 0 Å². The number of benzene rings is 1. The molecule has 1 atom stereocenters. The molecule has 0 aliphatic carbocycles. The molecule has 1 aromatic carbocycles. The summed E-state index contributed by atoms with van der Waals surface area (Å²) in [5.41, 5.74) is -0.0998. The highest BCUT2D eigenvalue weighted by Crippen LogP contribution is 2.19. The van der Waals surface area contributed by atoms with Crippen LogP contribution in [0.4, 0.5) is 8.78 Å². The minimum Gasteiger partial charge on any atom is -0.337 e. The number of piperidine rings is 1. The van der Waals surface area contributed by atoms with E-state index in [0.717, 1.165) is 25.0 Å². The quantitative estimate of drug-likeness (QED) is 0.710. The number of carbonyl (C=O) groups excluding carboxylic acids is 1. The summed E-state index contributed by atoms with van der Waals surface area (Å²) in [6.45, 7) is 0.982. The number of hydrogen-bond donors (Lipinski definition) is 0. The van der Waals surface area contributed by atoms with Crippen LogP contribution in [0.1, 0.15) is 23.2 Å². The van der Waals surface area contributed by atoms with E-state index in [-0.39, 0.29) is 10.9 Å². The molecule has 92 valence electrons. The van der Waals surface area contributed by atoms with Gasteiger partial charge in [-0.15, -0.1) is 11.6 Å². The van der Waals surface area contributed by atoms with Crippen LogP contribution in [0.25, 0.3) is 0 Å². The Morgan fingerprint density at radius 3 is 2.82 bits per heavy atom. The first-order chi connectivity index (χ1) is 8.08. The summed E-state index contributed by atoms with van der Waals surface area (Å²) in [6.07, 6.45) is 1.67. The topological polar surface area (TPSA) is 20.3 Å². The van der Waals surface area contributed by atoms with Gasteiger partial charge in [0.25, 0.3) is 5.91 Å². The summed E-state index contributed by atoms with van der Waals surface area (Å²) in [5.74, 6) is -1.94. The molecular weight excluding hydrogens is 248 g/mol. The number of hydrogen-bond acceptors (Lipinski definition) is 1. The lowest BCUT2D eigenvalue weighted by Crippen LogP contribution is -2.40. The Labute approximate surface area is 103 Å². The summed E-state index contributed by atoms with van der Waals surface area (Å²) < 4.78 is 26.2. The van der Waals surface area contributed by atoms with Gasteiger partial charge in [0.1, 0.15) is 11.6 Å². The van der Waals surface area contributed by atoms with E-state index in [1.165, 1.54) is 11.0 Å². The highest BCUT2D eigenvalue weighted by molar-refractivity contribution is 6.21. The summed E-state index contributed by atoms with van der Waals surface area (Å²) >= 11 is 5.96. The Balaban J connectivity index is 2.18. The lowest BCUT2D eigenvalue weighted by atomic mass is 10.1. The van der Waals surface area contributed by atoms with E-state index in [4.69, 9.17) is 11.6 Å². The molecule has 0 radical (unpaired) electrons. The zero-order chi connectivity index (χ0) is 12.4. The Morgan fingerprint density at radius 2 is 2.18 bits per heavy atom. The highest BCUT2D eigenvalue weighted by Gasteiger charge is 2.24. The molecule has 1 unspecified atom stereocenters. The van der Waals surface area contributed by atoms with Crippen molar-refractivity contribution in [3.05, 3.63) is 35.4 Å². The lowest BCUT2D eigenvalue weighted by Gasteiger charge is -2.29. The molecule has 0 spiro atoms. The first kappa shape index (κ1) is 12.3. The zero-order valence-corrected chi connectivity index (χ0v) is 9.88. The van der Waals surface area contributed by atoms with Crippen molar-refractivity contribution < 1.29 is 13.6 Å². The third-order valence-electron chi connectivity index (χ3n) is 2.81. The van der Waals surface area contributed by atoms with Gasteiger partial charge in [-0.3, -0.25) is 4.79 Å². The maximum absolute atomic E-state index is 13.4. The van der Waals surface area contributed by atoms with Crippen LogP contribution in [0.15, 0.2) is 18.2 Å². The van der Waals surface area contributed by atoms with Crippen LogP contribution in [0.3, 0.4) is 0 Å². The molecule has 1 fully saturated rings. The van der Waals surface area contributed by atoms with Gasteiger partial charge in [-0.05, 0) is 25.0 Å².